The number of H-pyrrole nitrogens is 1. The molecular formula is C19H25N5O3. The summed E-state index contributed by atoms with van der Waals surface area (Å²) in [5, 5.41) is 3.90. The molecule has 144 valence electrons. The highest BCUT2D eigenvalue weighted by molar-refractivity contribution is 5.81. The first kappa shape index (κ1) is 18.1. The van der Waals surface area contributed by atoms with Gasteiger partial charge < -0.3 is 19.9 Å². The summed E-state index contributed by atoms with van der Waals surface area (Å²) in [5.74, 6) is 0.675. The van der Waals surface area contributed by atoms with E-state index in [2.05, 4.69) is 20.2 Å². The standard InChI is InChI=1S/C19H25N5O3/c25-18-14-4-1-2-5-15(14)21-17(22-18)13-23-10-11-27-16(12-23)19(26)24-8-3-6-20-7-9-24/h1-2,4-5,16,20H,3,6-13H2,(H,21,22,25)/t16-/m0/s1. The van der Waals surface area contributed by atoms with Crippen molar-refractivity contribution >= 4 is 16.8 Å². The molecule has 1 aromatic carbocycles. The molecule has 0 unspecified atom stereocenters. The van der Waals surface area contributed by atoms with E-state index in [1.54, 1.807) is 6.07 Å². The Morgan fingerprint density at radius 3 is 3.04 bits per heavy atom. The highest BCUT2D eigenvalue weighted by atomic mass is 16.5. The Kier molecular flexibility index (Phi) is 5.47. The van der Waals surface area contributed by atoms with E-state index in [0.29, 0.717) is 43.0 Å². The number of rotatable bonds is 3. The van der Waals surface area contributed by atoms with E-state index in [9.17, 15) is 9.59 Å². The van der Waals surface area contributed by atoms with Gasteiger partial charge in [-0.05, 0) is 25.1 Å². The number of benzene rings is 1. The maximum atomic E-state index is 12.8. The third-order valence-electron chi connectivity index (χ3n) is 5.11. The van der Waals surface area contributed by atoms with Gasteiger partial charge in [0.2, 0.25) is 0 Å². The number of hydrogen-bond donors (Lipinski definition) is 2. The Balaban J connectivity index is 1.44. The van der Waals surface area contributed by atoms with Crippen LogP contribution >= 0.6 is 0 Å². The zero-order valence-electron chi connectivity index (χ0n) is 15.3. The maximum absolute atomic E-state index is 12.8. The van der Waals surface area contributed by atoms with E-state index in [1.165, 1.54) is 0 Å². The molecule has 2 saturated heterocycles. The van der Waals surface area contributed by atoms with Gasteiger partial charge in [0.05, 0.1) is 24.1 Å². The number of carbonyl (C=O) groups is 1. The summed E-state index contributed by atoms with van der Waals surface area (Å²) >= 11 is 0. The third kappa shape index (κ3) is 4.18. The Morgan fingerprint density at radius 2 is 2.11 bits per heavy atom. The maximum Gasteiger partial charge on any atom is 0.258 e. The van der Waals surface area contributed by atoms with Gasteiger partial charge in [-0.3, -0.25) is 14.5 Å². The van der Waals surface area contributed by atoms with E-state index in [4.69, 9.17) is 4.74 Å². The largest absolute Gasteiger partial charge is 0.366 e. The van der Waals surface area contributed by atoms with Gasteiger partial charge in [0.1, 0.15) is 11.9 Å². The van der Waals surface area contributed by atoms with Crippen LogP contribution in [0.1, 0.15) is 12.2 Å². The van der Waals surface area contributed by atoms with Crippen molar-refractivity contribution in [3.8, 4) is 0 Å². The van der Waals surface area contributed by atoms with Gasteiger partial charge in [0.25, 0.3) is 11.5 Å². The van der Waals surface area contributed by atoms with Gasteiger partial charge in [-0.25, -0.2) is 4.98 Å². The average molecular weight is 371 g/mol. The molecule has 8 heteroatoms. The first-order valence-corrected chi connectivity index (χ1v) is 9.52. The highest BCUT2D eigenvalue weighted by Gasteiger charge is 2.30. The van der Waals surface area contributed by atoms with Gasteiger partial charge in [-0.1, -0.05) is 12.1 Å². The van der Waals surface area contributed by atoms with Crippen LogP contribution in [0.25, 0.3) is 10.9 Å². The number of carbonyl (C=O) groups excluding carboxylic acids is 1. The van der Waals surface area contributed by atoms with Crippen molar-refractivity contribution in [1.29, 1.82) is 0 Å². The first-order valence-electron chi connectivity index (χ1n) is 9.52. The average Bonchev–Trinajstić information content (AvgIpc) is 2.97. The Morgan fingerprint density at radius 1 is 1.22 bits per heavy atom. The number of nitrogens with one attached hydrogen (secondary N) is 2. The lowest BCUT2D eigenvalue weighted by atomic mass is 10.2. The summed E-state index contributed by atoms with van der Waals surface area (Å²) < 4.78 is 5.75. The number of hydrogen-bond acceptors (Lipinski definition) is 6. The van der Waals surface area contributed by atoms with Crippen molar-refractivity contribution in [1.82, 2.24) is 25.1 Å². The molecule has 1 aromatic heterocycles. The molecule has 0 radical (unpaired) electrons. The lowest BCUT2D eigenvalue weighted by Crippen LogP contribution is -2.51. The molecule has 2 N–H and O–H groups in total. The summed E-state index contributed by atoms with van der Waals surface area (Å²) in [6, 6.07) is 7.31. The second-order valence-corrected chi connectivity index (χ2v) is 7.05. The monoisotopic (exact) mass is 371 g/mol. The molecule has 1 amide bonds. The van der Waals surface area contributed by atoms with Crippen molar-refractivity contribution in [3.63, 3.8) is 0 Å². The molecule has 2 aliphatic heterocycles. The lowest BCUT2D eigenvalue weighted by molar-refractivity contribution is -0.149. The molecule has 2 fully saturated rings. The molecule has 0 spiro atoms. The van der Waals surface area contributed by atoms with Gasteiger partial charge in [0, 0.05) is 32.7 Å². The van der Waals surface area contributed by atoms with Crippen molar-refractivity contribution in [2.75, 3.05) is 45.9 Å². The molecule has 8 nitrogen and oxygen atoms in total. The molecule has 27 heavy (non-hydrogen) atoms. The summed E-state index contributed by atoms with van der Waals surface area (Å²) in [5.41, 5.74) is 0.558. The highest BCUT2D eigenvalue weighted by Crippen LogP contribution is 2.13. The van der Waals surface area contributed by atoms with Gasteiger partial charge in [-0.2, -0.15) is 0 Å². The van der Waals surface area contributed by atoms with Crippen LogP contribution in [0.3, 0.4) is 0 Å². The number of morpholine rings is 1. The number of para-hydroxylation sites is 1. The Hall–Kier alpha value is -2.29. The molecule has 1 atom stereocenters. The fourth-order valence-corrected chi connectivity index (χ4v) is 3.69. The van der Waals surface area contributed by atoms with Gasteiger partial charge in [0.15, 0.2) is 0 Å². The molecule has 2 aromatic rings. The SMILES string of the molecule is O=C([C@@H]1CN(Cc2nc3ccccc3c(=O)[nH]2)CCO1)N1CCCNCC1. The molecule has 0 saturated carbocycles. The minimum absolute atomic E-state index is 0.0587. The topological polar surface area (TPSA) is 90.6 Å². The zero-order valence-corrected chi connectivity index (χ0v) is 15.3. The van der Waals surface area contributed by atoms with E-state index < -0.39 is 6.10 Å². The smallest absolute Gasteiger partial charge is 0.258 e. The number of fused-ring (bicyclic) bond motifs is 1. The van der Waals surface area contributed by atoms with Crippen LogP contribution < -0.4 is 10.9 Å². The number of amides is 1. The molecule has 4 rings (SSSR count). The van der Waals surface area contributed by atoms with Crippen molar-refractivity contribution in [2.24, 2.45) is 0 Å². The lowest BCUT2D eigenvalue weighted by Gasteiger charge is -2.34. The van der Waals surface area contributed by atoms with Crippen LogP contribution in [0.5, 0.6) is 0 Å². The van der Waals surface area contributed by atoms with E-state index in [0.717, 1.165) is 32.6 Å². The van der Waals surface area contributed by atoms with Crippen LogP contribution in [0.4, 0.5) is 0 Å². The van der Waals surface area contributed by atoms with Crippen LogP contribution in [-0.4, -0.2) is 77.7 Å². The molecule has 3 heterocycles. The van der Waals surface area contributed by atoms with Crippen molar-refractivity contribution < 1.29 is 9.53 Å². The fourth-order valence-electron chi connectivity index (χ4n) is 3.69. The van der Waals surface area contributed by atoms with E-state index >= 15 is 0 Å². The fraction of sp³-hybridized carbons (Fsp3) is 0.526. The molecule has 0 bridgehead atoms. The van der Waals surface area contributed by atoms with E-state index in [1.807, 2.05) is 23.1 Å². The minimum Gasteiger partial charge on any atom is -0.366 e. The predicted molar refractivity (Wildman–Crippen MR) is 101 cm³/mol. The summed E-state index contributed by atoms with van der Waals surface area (Å²) in [7, 11) is 0. The minimum atomic E-state index is -0.455. The zero-order chi connectivity index (χ0) is 18.6. The molecule has 0 aliphatic carbocycles. The summed E-state index contributed by atoms with van der Waals surface area (Å²) in [6.07, 6.45) is 0.508. The second kappa shape index (κ2) is 8.16. The first-order chi connectivity index (χ1) is 13.2. The summed E-state index contributed by atoms with van der Waals surface area (Å²) in [4.78, 5) is 36.5. The van der Waals surface area contributed by atoms with Crippen LogP contribution in [0.2, 0.25) is 0 Å². The van der Waals surface area contributed by atoms with Crippen LogP contribution in [-0.2, 0) is 16.1 Å². The normalized spacial score (nSPS) is 21.9. The van der Waals surface area contributed by atoms with Crippen LogP contribution in [0, 0.1) is 0 Å². The van der Waals surface area contributed by atoms with Crippen molar-refractivity contribution in [2.45, 2.75) is 19.1 Å². The van der Waals surface area contributed by atoms with Gasteiger partial charge in [-0.15, -0.1) is 0 Å². The molecule has 2 aliphatic rings. The molecular weight excluding hydrogens is 346 g/mol. The second-order valence-electron chi connectivity index (χ2n) is 7.05. The number of ether oxygens (including phenoxy) is 1. The number of aromatic nitrogens is 2. The predicted octanol–water partition coefficient (Wildman–Crippen LogP) is -0.0542. The Bertz CT molecular complexity index is 860. The van der Waals surface area contributed by atoms with Crippen molar-refractivity contribution in [3.05, 3.63) is 40.4 Å². The number of aromatic amines is 1. The number of nitrogens with zero attached hydrogens (tertiary/aromatic N) is 3. The third-order valence-corrected chi connectivity index (χ3v) is 5.11. The Labute approximate surface area is 157 Å². The quantitative estimate of drug-likeness (QED) is 0.786. The van der Waals surface area contributed by atoms with Gasteiger partial charge >= 0.3 is 0 Å². The van der Waals surface area contributed by atoms with E-state index in [-0.39, 0.29) is 11.5 Å². The van der Waals surface area contributed by atoms with Crippen LogP contribution in [0.15, 0.2) is 29.1 Å². The summed E-state index contributed by atoms with van der Waals surface area (Å²) in [6.45, 7) is 5.48.